The topological polar surface area (TPSA) is 123 Å². The first kappa shape index (κ1) is 26.8. The van der Waals surface area contributed by atoms with E-state index in [0.717, 1.165) is 19.1 Å². The molecule has 2 aliphatic heterocycles. The number of carbonyl (C=O) groups is 2. The van der Waals surface area contributed by atoms with E-state index in [4.69, 9.17) is 4.74 Å². The molecule has 1 aromatic rings. The van der Waals surface area contributed by atoms with Gasteiger partial charge in [-0.05, 0) is 57.7 Å². The molecule has 10 nitrogen and oxygen atoms in total. The number of rotatable bonds is 6. The zero-order valence-corrected chi connectivity index (χ0v) is 21.7. The molecule has 3 rings (SSSR count). The van der Waals surface area contributed by atoms with Crippen LogP contribution in [0.25, 0.3) is 0 Å². The second-order valence-corrected chi connectivity index (χ2v) is 12.2. The van der Waals surface area contributed by atoms with Gasteiger partial charge in [0.15, 0.2) is 0 Å². The lowest BCUT2D eigenvalue weighted by Gasteiger charge is -2.42. The summed E-state index contributed by atoms with van der Waals surface area (Å²) in [4.78, 5) is 30.9. The Balaban J connectivity index is 1.69. The van der Waals surface area contributed by atoms with Crippen LogP contribution in [0.4, 0.5) is 15.3 Å². The van der Waals surface area contributed by atoms with Crippen molar-refractivity contribution in [1.82, 2.24) is 14.5 Å². The first-order chi connectivity index (χ1) is 16.3. The monoisotopic (exact) mass is 505 g/mol. The maximum atomic E-state index is 13.4. The van der Waals surface area contributed by atoms with Crippen molar-refractivity contribution < 1.29 is 22.7 Å². The Morgan fingerprint density at radius 2 is 1.89 bits per heavy atom. The maximum absolute atomic E-state index is 13.4. The third-order valence-electron chi connectivity index (χ3n) is 6.09. The van der Waals surface area contributed by atoms with Gasteiger partial charge in [0.25, 0.3) is 0 Å². The lowest BCUT2D eigenvalue weighted by molar-refractivity contribution is 0.0171. The average molecular weight is 506 g/mol. The van der Waals surface area contributed by atoms with Gasteiger partial charge in [-0.25, -0.2) is 22.7 Å². The summed E-state index contributed by atoms with van der Waals surface area (Å²) in [7, 11) is -3.37. The van der Waals surface area contributed by atoms with Crippen LogP contribution in [0.3, 0.4) is 0 Å². The molecule has 0 saturated carbocycles. The van der Waals surface area contributed by atoms with E-state index in [1.807, 2.05) is 20.8 Å². The van der Waals surface area contributed by atoms with Crippen molar-refractivity contribution in [2.75, 3.05) is 50.4 Å². The average Bonchev–Trinajstić information content (AvgIpc) is 2.78. The molecular weight excluding hydrogens is 470 g/mol. The Hall–Kier alpha value is -2.84. The molecular formula is C24H35N5O5S. The predicted molar refractivity (Wildman–Crippen MR) is 132 cm³/mol. The summed E-state index contributed by atoms with van der Waals surface area (Å²) in [5.74, 6) is 0.0987. The molecule has 0 aliphatic carbocycles. The molecule has 0 radical (unpaired) electrons. The fourth-order valence-electron chi connectivity index (χ4n) is 4.40. The van der Waals surface area contributed by atoms with Crippen LogP contribution in [0, 0.1) is 23.2 Å². The minimum absolute atomic E-state index is 0.116. The number of ether oxygens (including phenoxy) is 1. The molecule has 2 aliphatic rings. The third kappa shape index (κ3) is 7.83. The SMILES string of the molecule is CC(C)(C)OC(=O)N1CCC(CN2CC(CNS(C)(=O)=O)CN(c3cccc(C#N)c3)C2=O)CC1. The van der Waals surface area contributed by atoms with E-state index < -0.39 is 15.6 Å². The highest BCUT2D eigenvalue weighted by Crippen LogP contribution is 2.27. The van der Waals surface area contributed by atoms with Crippen LogP contribution in [-0.4, -0.2) is 81.5 Å². The summed E-state index contributed by atoms with van der Waals surface area (Å²) in [5.41, 5.74) is 0.519. The Labute approximate surface area is 207 Å². The standard InChI is InChI=1S/C24H35N5O5S/c1-24(2,3)34-23(31)27-10-8-18(9-11-27)15-28-16-20(14-26-35(4,32)33)17-29(22(28)30)21-7-5-6-19(12-21)13-25/h5-7,12,18,20,26H,8-11,14-17H2,1-4H3. The van der Waals surface area contributed by atoms with Crippen LogP contribution < -0.4 is 9.62 Å². The number of nitrogens with one attached hydrogen (secondary N) is 1. The molecule has 0 aromatic heterocycles. The van der Waals surface area contributed by atoms with Crippen LogP contribution >= 0.6 is 0 Å². The third-order valence-corrected chi connectivity index (χ3v) is 6.78. The Morgan fingerprint density at radius 3 is 2.49 bits per heavy atom. The Kier molecular flexibility index (Phi) is 8.28. The molecule has 35 heavy (non-hydrogen) atoms. The number of likely N-dealkylation sites (tertiary alicyclic amines) is 1. The fourth-order valence-corrected chi connectivity index (χ4v) is 4.94. The number of nitriles is 1. The molecule has 2 saturated heterocycles. The second-order valence-electron chi connectivity index (χ2n) is 10.4. The van der Waals surface area contributed by atoms with E-state index in [1.54, 1.807) is 39.0 Å². The number of hydrogen-bond acceptors (Lipinski definition) is 6. The van der Waals surface area contributed by atoms with Gasteiger partial charge in [0.2, 0.25) is 10.0 Å². The molecule has 0 spiro atoms. The largest absolute Gasteiger partial charge is 0.444 e. The maximum Gasteiger partial charge on any atom is 0.410 e. The number of amides is 3. The summed E-state index contributed by atoms with van der Waals surface area (Å²) in [6.45, 7) is 8.17. The minimum Gasteiger partial charge on any atom is -0.444 e. The molecule has 1 unspecified atom stereocenters. The summed E-state index contributed by atoms with van der Waals surface area (Å²) in [5, 5.41) is 9.27. The van der Waals surface area contributed by atoms with E-state index in [-0.39, 0.29) is 30.5 Å². The number of piperidine rings is 1. The van der Waals surface area contributed by atoms with Crippen molar-refractivity contribution in [3.63, 3.8) is 0 Å². The molecule has 2 fully saturated rings. The van der Waals surface area contributed by atoms with Crippen molar-refractivity contribution in [1.29, 1.82) is 5.26 Å². The summed E-state index contributed by atoms with van der Waals surface area (Å²) in [6, 6.07) is 8.79. The normalized spacial score (nSPS) is 20.0. The summed E-state index contributed by atoms with van der Waals surface area (Å²) in [6.07, 6.45) is 2.30. The van der Waals surface area contributed by atoms with Gasteiger partial charge in [-0.3, -0.25) is 4.90 Å². The lowest BCUT2D eigenvalue weighted by atomic mass is 9.95. The number of sulfonamides is 1. The van der Waals surface area contributed by atoms with Crippen LogP contribution in [-0.2, 0) is 14.8 Å². The van der Waals surface area contributed by atoms with E-state index in [1.165, 1.54) is 0 Å². The van der Waals surface area contributed by atoms with Crippen molar-refractivity contribution in [2.45, 2.75) is 39.2 Å². The number of hydrogen-bond donors (Lipinski definition) is 1. The first-order valence-corrected chi connectivity index (χ1v) is 13.7. The summed E-state index contributed by atoms with van der Waals surface area (Å²) >= 11 is 0. The zero-order valence-electron chi connectivity index (χ0n) is 20.9. The second kappa shape index (κ2) is 10.8. The van der Waals surface area contributed by atoms with Crippen LogP contribution in [0.15, 0.2) is 24.3 Å². The fraction of sp³-hybridized carbons (Fsp3) is 0.625. The number of urea groups is 1. The summed E-state index contributed by atoms with van der Waals surface area (Å²) < 4.78 is 31.3. The molecule has 1 aromatic carbocycles. The van der Waals surface area contributed by atoms with E-state index >= 15 is 0 Å². The number of nitrogens with zero attached hydrogens (tertiary/aromatic N) is 4. The van der Waals surface area contributed by atoms with Gasteiger partial charge < -0.3 is 14.5 Å². The van der Waals surface area contributed by atoms with Gasteiger partial charge in [-0.2, -0.15) is 5.26 Å². The predicted octanol–water partition coefficient (Wildman–Crippen LogP) is 2.61. The van der Waals surface area contributed by atoms with Gasteiger partial charge in [0, 0.05) is 50.9 Å². The Bertz CT molecular complexity index is 1070. The minimum atomic E-state index is -3.37. The van der Waals surface area contributed by atoms with E-state index in [9.17, 15) is 23.3 Å². The molecule has 1 N–H and O–H groups in total. The van der Waals surface area contributed by atoms with Crippen molar-refractivity contribution in [2.24, 2.45) is 11.8 Å². The van der Waals surface area contributed by atoms with Crippen molar-refractivity contribution in [3.8, 4) is 6.07 Å². The number of benzene rings is 1. The van der Waals surface area contributed by atoms with Crippen LogP contribution in [0.1, 0.15) is 39.2 Å². The first-order valence-electron chi connectivity index (χ1n) is 11.8. The molecule has 1 atom stereocenters. The molecule has 192 valence electrons. The van der Waals surface area contributed by atoms with Gasteiger partial charge in [0.05, 0.1) is 17.9 Å². The van der Waals surface area contributed by atoms with E-state index in [2.05, 4.69) is 10.8 Å². The molecule has 3 amide bonds. The van der Waals surface area contributed by atoms with E-state index in [0.29, 0.717) is 44.0 Å². The number of anilines is 1. The molecule has 11 heteroatoms. The van der Waals surface area contributed by atoms with Crippen LogP contribution in [0.5, 0.6) is 0 Å². The van der Waals surface area contributed by atoms with Gasteiger partial charge in [-0.15, -0.1) is 0 Å². The van der Waals surface area contributed by atoms with Gasteiger partial charge in [0.1, 0.15) is 5.60 Å². The zero-order chi connectivity index (χ0) is 25.8. The highest BCUT2D eigenvalue weighted by molar-refractivity contribution is 7.88. The highest BCUT2D eigenvalue weighted by atomic mass is 32.2. The van der Waals surface area contributed by atoms with Gasteiger partial charge >= 0.3 is 12.1 Å². The van der Waals surface area contributed by atoms with Crippen LogP contribution in [0.2, 0.25) is 0 Å². The van der Waals surface area contributed by atoms with Gasteiger partial charge in [-0.1, -0.05) is 6.07 Å². The smallest absolute Gasteiger partial charge is 0.410 e. The number of carbonyl (C=O) groups excluding carboxylic acids is 2. The van der Waals surface area contributed by atoms with Crippen molar-refractivity contribution in [3.05, 3.63) is 29.8 Å². The Morgan fingerprint density at radius 1 is 1.20 bits per heavy atom. The molecule has 2 heterocycles. The quantitative estimate of drug-likeness (QED) is 0.634. The van der Waals surface area contributed by atoms with Crippen molar-refractivity contribution >= 4 is 27.8 Å². The highest BCUT2D eigenvalue weighted by Gasteiger charge is 2.35. The lowest BCUT2D eigenvalue weighted by Crippen LogP contribution is -2.57. The molecule has 0 bridgehead atoms.